The maximum Gasteiger partial charge on any atom is 0.316 e. The van der Waals surface area contributed by atoms with E-state index in [1.165, 1.54) is 29.2 Å². The van der Waals surface area contributed by atoms with E-state index in [2.05, 4.69) is 5.32 Å². The SMILES string of the molecule is CCN(C(=O)C(=O)Nc1ccc(C(N)=O)cc1)c1cccc(C)c1. The van der Waals surface area contributed by atoms with Crippen LogP contribution in [0.4, 0.5) is 11.4 Å². The number of nitrogens with two attached hydrogens (primary N) is 1. The van der Waals surface area contributed by atoms with Crippen LogP contribution in [0.15, 0.2) is 48.5 Å². The summed E-state index contributed by atoms with van der Waals surface area (Å²) in [5.74, 6) is -1.95. The van der Waals surface area contributed by atoms with E-state index >= 15 is 0 Å². The molecule has 124 valence electrons. The van der Waals surface area contributed by atoms with Crippen molar-refractivity contribution in [3.63, 3.8) is 0 Å². The van der Waals surface area contributed by atoms with Crippen LogP contribution in [0.2, 0.25) is 0 Å². The third kappa shape index (κ3) is 3.98. The fourth-order valence-corrected chi connectivity index (χ4v) is 2.26. The van der Waals surface area contributed by atoms with Crippen LogP contribution in [0.1, 0.15) is 22.8 Å². The lowest BCUT2D eigenvalue weighted by Gasteiger charge is -2.20. The molecule has 0 saturated heterocycles. The molecular formula is C18H19N3O3. The van der Waals surface area contributed by atoms with Gasteiger partial charge in [-0.25, -0.2) is 0 Å². The third-order valence-corrected chi connectivity index (χ3v) is 3.50. The average Bonchev–Trinajstić information content (AvgIpc) is 2.56. The van der Waals surface area contributed by atoms with Crippen molar-refractivity contribution in [2.24, 2.45) is 5.73 Å². The Morgan fingerprint density at radius 2 is 1.75 bits per heavy atom. The summed E-state index contributed by atoms with van der Waals surface area (Å²) in [6.45, 7) is 4.09. The van der Waals surface area contributed by atoms with E-state index in [0.717, 1.165) is 5.56 Å². The maximum atomic E-state index is 12.4. The molecule has 3 N–H and O–H groups in total. The Labute approximate surface area is 140 Å². The van der Waals surface area contributed by atoms with Crippen molar-refractivity contribution < 1.29 is 14.4 Å². The zero-order valence-electron chi connectivity index (χ0n) is 13.6. The molecule has 0 heterocycles. The van der Waals surface area contributed by atoms with Crippen LogP contribution in [0.25, 0.3) is 0 Å². The first-order chi connectivity index (χ1) is 11.4. The monoisotopic (exact) mass is 325 g/mol. The van der Waals surface area contributed by atoms with Gasteiger partial charge in [-0.2, -0.15) is 0 Å². The van der Waals surface area contributed by atoms with E-state index < -0.39 is 17.7 Å². The fourth-order valence-electron chi connectivity index (χ4n) is 2.26. The Kier molecular flexibility index (Phi) is 5.31. The van der Waals surface area contributed by atoms with Crippen molar-refractivity contribution in [2.75, 3.05) is 16.8 Å². The molecule has 0 atom stereocenters. The number of carbonyl (C=O) groups is 3. The standard InChI is InChI=1S/C18H19N3O3/c1-3-21(15-6-4-5-12(2)11-15)18(24)17(23)20-14-9-7-13(8-10-14)16(19)22/h4-11H,3H2,1-2H3,(H2,19,22)(H,20,23). The number of hydrogen-bond acceptors (Lipinski definition) is 3. The summed E-state index contributed by atoms with van der Waals surface area (Å²) in [6.07, 6.45) is 0. The highest BCUT2D eigenvalue weighted by atomic mass is 16.2. The number of aryl methyl sites for hydroxylation is 1. The number of hydrogen-bond donors (Lipinski definition) is 2. The van der Waals surface area contributed by atoms with Crippen LogP contribution < -0.4 is 16.0 Å². The number of nitrogens with zero attached hydrogens (tertiary/aromatic N) is 1. The normalized spacial score (nSPS) is 10.1. The minimum atomic E-state index is -0.745. The zero-order chi connectivity index (χ0) is 17.7. The molecule has 3 amide bonds. The van der Waals surface area contributed by atoms with Gasteiger partial charge >= 0.3 is 11.8 Å². The Morgan fingerprint density at radius 1 is 1.08 bits per heavy atom. The predicted octanol–water partition coefficient (Wildman–Crippen LogP) is 2.09. The van der Waals surface area contributed by atoms with E-state index in [1.807, 2.05) is 25.1 Å². The highest BCUT2D eigenvalue weighted by Crippen LogP contribution is 2.17. The molecule has 0 aliphatic carbocycles. The van der Waals surface area contributed by atoms with Gasteiger partial charge in [0.15, 0.2) is 0 Å². The lowest BCUT2D eigenvalue weighted by atomic mass is 10.2. The molecule has 0 saturated carbocycles. The lowest BCUT2D eigenvalue weighted by Crippen LogP contribution is -2.39. The van der Waals surface area contributed by atoms with Gasteiger partial charge in [-0.3, -0.25) is 14.4 Å². The topological polar surface area (TPSA) is 92.5 Å². The minimum Gasteiger partial charge on any atom is -0.366 e. The maximum absolute atomic E-state index is 12.4. The summed E-state index contributed by atoms with van der Waals surface area (Å²) in [4.78, 5) is 37.0. The quantitative estimate of drug-likeness (QED) is 0.843. The Bertz CT molecular complexity index is 769. The summed E-state index contributed by atoms with van der Waals surface area (Å²) >= 11 is 0. The molecule has 2 rings (SSSR count). The van der Waals surface area contributed by atoms with Gasteiger partial charge < -0.3 is 16.0 Å². The van der Waals surface area contributed by atoms with E-state index in [0.29, 0.717) is 23.5 Å². The smallest absolute Gasteiger partial charge is 0.316 e. The third-order valence-electron chi connectivity index (χ3n) is 3.50. The first kappa shape index (κ1) is 17.2. The number of anilines is 2. The fraction of sp³-hybridized carbons (Fsp3) is 0.167. The van der Waals surface area contributed by atoms with Gasteiger partial charge in [0.25, 0.3) is 0 Å². The lowest BCUT2D eigenvalue weighted by molar-refractivity contribution is -0.134. The van der Waals surface area contributed by atoms with Gasteiger partial charge in [-0.05, 0) is 55.8 Å². The number of carbonyl (C=O) groups excluding carboxylic acids is 3. The van der Waals surface area contributed by atoms with Gasteiger partial charge in [0, 0.05) is 23.5 Å². The molecular weight excluding hydrogens is 306 g/mol. The molecule has 0 spiro atoms. The number of benzene rings is 2. The van der Waals surface area contributed by atoms with Crippen LogP contribution in [-0.2, 0) is 9.59 Å². The number of rotatable bonds is 4. The van der Waals surface area contributed by atoms with Crippen molar-refractivity contribution in [2.45, 2.75) is 13.8 Å². The van der Waals surface area contributed by atoms with Crippen LogP contribution in [0.3, 0.4) is 0 Å². The van der Waals surface area contributed by atoms with Crippen molar-refractivity contribution in [1.29, 1.82) is 0 Å². The number of amides is 3. The second-order valence-electron chi connectivity index (χ2n) is 5.28. The number of primary amides is 1. The van der Waals surface area contributed by atoms with Crippen LogP contribution in [-0.4, -0.2) is 24.3 Å². The molecule has 0 aliphatic rings. The molecule has 6 nitrogen and oxygen atoms in total. The zero-order valence-corrected chi connectivity index (χ0v) is 13.6. The van der Waals surface area contributed by atoms with Crippen LogP contribution in [0, 0.1) is 6.92 Å². The van der Waals surface area contributed by atoms with Gasteiger partial charge in [0.2, 0.25) is 5.91 Å². The second kappa shape index (κ2) is 7.41. The van der Waals surface area contributed by atoms with E-state index in [4.69, 9.17) is 5.73 Å². The molecule has 0 aromatic heterocycles. The second-order valence-corrected chi connectivity index (χ2v) is 5.28. The van der Waals surface area contributed by atoms with Crippen molar-refractivity contribution in [1.82, 2.24) is 0 Å². The molecule has 24 heavy (non-hydrogen) atoms. The highest BCUT2D eigenvalue weighted by Gasteiger charge is 2.22. The van der Waals surface area contributed by atoms with Gasteiger partial charge in [0.1, 0.15) is 0 Å². The van der Waals surface area contributed by atoms with Crippen LogP contribution in [0.5, 0.6) is 0 Å². The summed E-state index contributed by atoms with van der Waals surface area (Å²) in [5.41, 5.74) is 7.57. The van der Waals surface area contributed by atoms with Gasteiger partial charge in [-0.15, -0.1) is 0 Å². The summed E-state index contributed by atoms with van der Waals surface area (Å²) in [6, 6.07) is 13.4. The summed E-state index contributed by atoms with van der Waals surface area (Å²) in [5, 5.41) is 2.52. The van der Waals surface area contributed by atoms with Gasteiger partial charge in [0.05, 0.1) is 0 Å². The van der Waals surface area contributed by atoms with Crippen molar-refractivity contribution in [3.8, 4) is 0 Å². The Hall–Kier alpha value is -3.15. The summed E-state index contributed by atoms with van der Waals surface area (Å²) in [7, 11) is 0. The predicted molar refractivity (Wildman–Crippen MR) is 92.8 cm³/mol. The largest absolute Gasteiger partial charge is 0.366 e. The van der Waals surface area contributed by atoms with Crippen molar-refractivity contribution >= 4 is 29.1 Å². The molecule has 2 aromatic rings. The molecule has 2 aromatic carbocycles. The molecule has 6 heteroatoms. The number of nitrogens with one attached hydrogen (secondary N) is 1. The minimum absolute atomic E-state index is 0.328. The summed E-state index contributed by atoms with van der Waals surface area (Å²) < 4.78 is 0. The Balaban J connectivity index is 2.12. The van der Waals surface area contributed by atoms with Gasteiger partial charge in [-0.1, -0.05) is 12.1 Å². The molecule has 0 unspecified atom stereocenters. The molecule has 0 aliphatic heterocycles. The highest BCUT2D eigenvalue weighted by molar-refractivity contribution is 6.44. The number of likely N-dealkylation sites (N-methyl/N-ethyl adjacent to an activating group) is 1. The first-order valence-corrected chi connectivity index (χ1v) is 7.51. The molecule has 0 fully saturated rings. The van der Waals surface area contributed by atoms with Crippen molar-refractivity contribution in [3.05, 3.63) is 59.7 Å². The first-order valence-electron chi connectivity index (χ1n) is 7.51. The van der Waals surface area contributed by atoms with E-state index in [-0.39, 0.29) is 0 Å². The molecule has 0 radical (unpaired) electrons. The molecule has 0 bridgehead atoms. The average molecular weight is 325 g/mol. The Morgan fingerprint density at radius 3 is 2.29 bits per heavy atom. The van der Waals surface area contributed by atoms with Crippen LogP contribution >= 0.6 is 0 Å². The van der Waals surface area contributed by atoms with E-state index in [9.17, 15) is 14.4 Å². The van der Waals surface area contributed by atoms with E-state index in [1.54, 1.807) is 13.0 Å².